The van der Waals surface area contributed by atoms with Gasteiger partial charge < -0.3 is 11.1 Å². The van der Waals surface area contributed by atoms with Crippen molar-refractivity contribution in [1.29, 1.82) is 0 Å². The van der Waals surface area contributed by atoms with Gasteiger partial charge in [0.1, 0.15) is 5.82 Å². The van der Waals surface area contributed by atoms with Crippen molar-refractivity contribution in [2.75, 3.05) is 17.6 Å². The highest BCUT2D eigenvalue weighted by Crippen LogP contribution is 2.16. The van der Waals surface area contributed by atoms with Crippen molar-refractivity contribution in [3.63, 3.8) is 0 Å². The van der Waals surface area contributed by atoms with Crippen molar-refractivity contribution in [3.05, 3.63) is 53.2 Å². The minimum atomic E-state index is 0.708. The molecule has 0 fully saturated rings. The van der Waals surface area contributed by atoms with Gasteiger partial charge in [-0.25, -0.2) is 4.98 Å². The summed E-state index contributed by atoms with van der Waals surface area (Å²) in [7, 11) is 0. The molecule has 0 aliphatic rings. The molecule has 0 saturated carbocycles. The van der Waals surface area contributed by atoms with Crippen molar-refractivity contribution in [3.8, 4) is 0 Å². The number of hydrogen-bond acceptors (Lipinski definition) is 3. The van der Waals surface area contributed by atoms with Crippen LogP contribution >= 0.6 is 0 Å². The number of aromatic nitrogens is 1. The zero-order chi connectivity index (χ0) is 13.0. The Bertz CT molecular complexity index is 535. The summed E-state index contributed by atoms with van der Waals surface area (Å²) in [5, 5.41) is 3.28. The maximum Gasteiger partial charge on any atom is 0.149 e. The second-order valence-corrected chi connectivity index (χ2v) is 4.55. The maximum atomic E-state index is 5.91. The van der Waals surface area contributed by atoms with Crippen molar-refractivity contribution in [2.45, 2.75) is 20.3 Å². The van der Waals surface area contributed by atoms with Crippen LogP contribution in [0.25, 0.3) is 0 Å². The van der Waals surface area contributed by atoms with Crippen molar-refractivity contribution < 1.29 is 0 Å². The molecule has 0 radical (unpaired) electrons. The molecular formula is C15H19N3. The molecule has 0 saturated heterocycles. The highest BCUT2D eigenvalue weighted by Gasteiger charge is 2.01. The van der Waals surface area contributed by atoms with Crippen LogP contribution in [0.15, 0.2) is 36.5 Å². The molecule has 1 aromatic heterocycles. The third-order valence-electron chi connectivity index (χ3n) is 3.00. The van der Waals surface area contributed by atoms with Crippen LogP contribution in [0.3, 0.4) is 0 Å². The SMILES string of the molecule is Cc1cnc(NCCc2ccccc2C)c(N)c1. The smallest absolute Gasteiger partial charge is 0.149 e. The van der Waals surface area contributed by atoms with Gasteiger partial charge in [0.25, 0.3) is 0 Å². The lowest BCUT2D eigenvalue weighted by Gasteiger charge is -2.10. The van der Waals surface area contributed by atoms with E-state index in [1.165, 1.54) is 11.1 Å². The van der Waals surface area contributed by atoms with Gasteiger partial charge >= 0.3 is 0 Å². The number of rotatable bonds is 4. The first-order valence-electron chi connectivity index (χ1n) is 6.17. The van der Waals surface area contributed by atoms with Crippen LogP contribution in [0, 0.1) is 13.8 Å². The van der Waals surface area contributed by atoms with Gasteiger partial charge in [-0.1, -0.05) is 24.3 Å². The number of pyridine rings is 1. The number of anilines is 2. The molecule has 0 aliphatic carbocycles. The first-order valence-corrected chi connectivity index (χ1v) is 6.17. The molecule has 1 heterocycles. The summed E-state index contributed by atoms with van der Waals surface area (Å²) in [6.07, 6.45) is 2.80. The van der Waals surface area contributed by atoms with Crippen LogP contribution in [0.5, 0.6) is 0 Å². The second kappa shape index (κ2) is 5.54. The molecule has 18 heavy (non-hydrogen) atoms. The van der Waals surface area contributed by atoms with E-state index in [9.17, 15) is 0 Å². The van der Waals surface area contributed by atoms with Gasteiger partial charge in [-0.3, -0.25) is 0 Å². The molecule has 3 heteroatoms. The molecule has 0 amide bonds. The van der Waals surface area contributed by atoms with E-state index in [1.54, 1.807) is 0 Å². The Morgan fingerprint density at radius 2 is 2.00 bits per heavy atom. The van der Waals surface area contributed by atoms with E-state index in [2.05, 4.69) is 41.5 Å². The lowest BCUT2D eigenvalue weighted by molar-refractivity contribution is 0.994. The first kappa shape index (κ1) is 12.4. The van der Waals surface area contributed by atoms with Crippen LogP contribution in [0.2, 0.25) is 0 Å². The fourth-order valence-corrected chi connectivity index (χ4v) is 1.95. The van der Waals surface area contributed by atoms with Crippen molar-refractivity contribution in [1.82, 2.24) is 4.98 Å². The Morgan fingerprint density at radius 3 is 2.72 bits per heavy atom. The largest absolute Gasteiger partial charge is 0.396 e. The lowest BCUT2D eigenvalue weighted by Crippen LogP contribution is -2.09. The molecule has 0 unspecified atom stereocenters. The van der Waals surface area contributed by atoms with Crippen LogP contribution < -0.4 is 11.1 Å². The van der Waals surface area contributed by atoms with Crippen LogP contribution in [0.4, 0.5) is 11.5 Å². The number of aryl methyl sites for hydroxylation is 2. The minimum absolute atomic E-state index is 0.708. The Labute approximate surface area is 108 Å². The summed E-state index contributed by atoms with van der Waals surface area (Å²) in [4.78, 5) is 4.30. The summed E-state index contributed by atoms with van der Waals surface area (Å²) >= 11 is 0. The van der Waals surface area contributed by atoms with Gasteiger partial charge in [0.15, 0.2) is 0 Å². The maximum absolute atomic E-state index is 5.91. The summed E-state index contributed by atoms with van der Waals surface area (Å²) in [6, 6.07) is 10.4. The molecule has 94 valence electrons. The molecule has 0 bridgehead atoms. The average molecular weight is 241 g/mol. The molecule has 3 N–H and O–H groups in total. The quantitative estimate of drug-likeness (QED) is 0.865. The second-order valence-electron chi connectivity index (χ2n) is 4.55. The third kappa shape index (κ3) is 3.00. The summed E-state index contributed by atoms with van der Waals surface area (Å²) in [5.41, 5.74) is 10.4. The van der Waals surface area contributed by atoms with E-state index in [1.807, 2.05) is 19.2 Å². The van der Waals surface area contributed by atoms with E-state index >= 15 is 0 Å². The predicted octanol–water partition coefficient (Wildman–Crippen LogP) is 2.94. The molecule has 0 atom stereocenters. The van der Waals surface area contributed by atoms with Gasteiger partial charge in [-0.05, 0) is 43.0 Å². The van der Waals surface area contributed by atoms with Crippen LogP contribution in [-0.2, 0) is 6.42 Å². The zero-order valence-electron chi connectivity index (χ0n) is 10.9. The summed E-state index contributed by atoms with van der Waals surface area (Å²) in [5.74, 6) is 0.772. The van der Waals surface area contributed by atoms with E-state index in [0.29, 0.717) is 5.69 Å². The van der Waals surface area contributed by atoms with Gasteiger partial charge in [-0.2, -0.15) is 0 Å². The Kier molecular flexibility index (Phi) is 3.82. The number of nitrogens with zero attached hydrogens (tertiary/aromatic N) is 1. The highest BCUT2D eigenvalue weighted by atomic mass is 15.0. The number of nitrogen functional groups attached to an aromatic ring is 1. The zero-order valence-corrected chi connectivity index (χ0v) is 10.9. The van der Waals surface area contributed by atoms with E-state index in [0.717, 1.165) is 24.3 Å². The predicted molar refractivity (Wildman–Crippen MR) is 76.8 cm³/mol. The molecule has 2 aromatic rings. The Morgan fingerprint density at radius 1 is 1.22 bits per heavy atom. The number of hydrogen-bond donors (Lipinski definition) is 2. The summed E-state index contributed by atoms with van der Waals surface area (Å²) < 4.78 is 0. The van der Waals surface area contributed by atoms with Crippen molar-refractivity contribution >= 4 is 11.5 Å². The Balaban J connectivity index is 1.95. The molecule has 3 nitrogen and oxygen atoms in total. The fraction of sp³-hybridized carbons (Fsp3) is 0.267. The normalized spacial score (nSPS) is 10.3. The highest BCUT2D eigenvalue weighted by molar-refractivity contribution is 5.61. The topological polar surface area (TPSA) is 50.9 Å². The molecule has 0 aliphatic heterocycles. The average Bonchev–Trinajstić information content (AvgIpc) is 2.34. The van der Waals surface area contributed by atoms with Crippen LogP contribution in [-0.4, -0.2) is 11.5 Å². The lowest BCUT2D eigenvalue weighted by atomic mass is 10.1. The first-order chi connectivity index (χ1) is 8.66. The van der Waals surface area contributed by atoms with E-state index in [-0.39, 0.29) is 0 Å². The van der Waals surface area contributed by atoms with Gasteiger partial charge in [0, 0.05) is 12.7 Å². The monoisotopic (exact) mass is 241 g/mol. The molecular weight excluding hydrogens is 222 g/mol. The standard InChI is InChI=1S/C15H19N3/c1-11-9-14(16)15(18-10-11)17-8-7-13-6-4-3-5-12(13)2/h3-6,9-10H,7-8,16H2,1-2H3,(H,17,18). The van der Waals surface area contributed by atoms with E-state index in [4.69, 9.17) is 5.73 Å². The molecule has 0 spiro atoms. The molecule has 1 aromatic carbocycles. The molecule has 2 rings (SSSR count). The third-order valence-corrected chi connectivity index (χ3v) is 3.00. The summed E-state index contributed by atoms with van der Waals surface area (Å²) in [6.45, 7) is 4.96. The number of benzene rings is 1. The van der Waals surface area contributed by atoms with Crippen molar-refractivity contribution in [2.24, 2.45) is 0 Å². The van der Waals surface area contributed by atoms with Crippen LogP contribution in [0.1, 0.15) is 16.7 Å². The fourth-order valence-electron chi connectivity index (χ4n) is 1.95. The van der Waals surface area contributed by atoms with Gasteiger partial charge in [-0.15, -0.1) is 0 Å². The number of nitrogens with two attached hydrogens (primary N) is 1. The number of nitrogens with one attached hydrogen (secondary N) is 1. The van der Waals surface area contributed by atoms with Gasteiger partial charge in [0.2, 0.25) is 0 Å². The Hall–Kier alpha value is -2.03. The van der Waals surface area contributed by atoms with Gasteiger partial charge in [0.05, 0.1) is 5.69 Å². The minimum Gasteiger partial charge on any atom is -0.396 e. The van der Waals surface area contributed by atoms with E-state index < -0.39 is 0 Å².